The molecule has 0 aliphatic rings. The molecule has 1 atom stereocenters. The van der Waals surface area contributed by atoms with Gasteiger partial charge in [0.1, 0.15) is 17.5 Å². The number of carboxylic acids is 1. The van der Waals surface area contributed by atoms with Gasteiger partial charge < -0.3 is 15.2 Å². The Kier molecular flexibility index (Phi) is 6.32. The molecule has 0 aliphatic heterocycles. The molecule has 0 spiro atoms. The Hall–Kier alpha value is -2.74. The number of amides is 1. The molecule has 1 aromatic heterocycles. The molecule has 1 heterocycles. The van der Waals surface area contributed by atoms with Crippen LogP contribution in [0.1, 0.15) is 43.2 Å². The number of carboxylic acid groups (broad SMARTS) is 1. The second-order valence-corrected chi connectivity index (χ2v) is 7.12. The van der Waals surface area contributed by atoms with Crippen LogP contribution in [0.25, 0.3) is 5.69 Å². The number of aliphatic carboxylic acids is 1. The SMILES string of the molecule is Cc1c(C(=O)NC(CCOC(C)(C)C)C(=O)O)cnn1-c1ccccc1F. The molecule has 2 N–H and O–H groups in total. The maximum atomic E-state index is 14.0. The molecule has 2 rings (SSSR count). The zero-order valence-corrected chi connectivity index (χ0v) is 15.8. The van der Waals surface area contributed by atoms with Gasteiger partial charge in [-0.1, -0.05) is 12.1 Å². The first kappa shape index (κ1) is 20.6. The number of rotatable bonds is 7. The number of nitrogens with zero attached hydrogens (tertiary/aromatic N) is 2. The minimum atomic E-state index is -1.15. The molecule has 0 radical (unpaired) electrons. The van der Waals surface area contributed by atoms with E-state index in [1.54, 1.807) is 25.1 Å². The quantitative estimate of drug-likeness (QED) is 0.774. The van der Waals surface area contributed by atoms with Crippen molar-refractivity contribution in [3.05, 3.63) is 47.5 Å². The number of nitrogens with one attached hydrogen (secondary N) is 1. The van der Waals surface area contributed by atoms with Crippen LogP contribution < -0.4 is 5.32 Å². The van der Waals surface area contributed by atoms with Crippen molar-refractivity contribution in [2.24, 2.45) is 0 Å². The molecule has 7 nitrogen and oxygen atoms in total. The van der Waals surface area contributed by atoms with Crippen LogP contribution in [0.3, 0.4) is 0 Å². The normalized spacial score (nSPS) is 12.6. The number of carbonyl (C=O) groups is 2. The van der Waals surface area contributed by atoms with E-state index in [1.807, 2.05) is 20.8 Å². The maximum absolute atomic E-state index is 14.0. The van der Waals surface area contributed by atoms with Crippen LogP contribution in [0, 0.1) is 12.7 Å². The first-order valence-corrected chi connectivity index (χ1v) is 8.57. The second-order valence-electron chi connectivity index (χ2n) is 7.12. The summed E-state index contributed by atoms with van der Waals surface area (Å²) < 4.78 is 20.8. The van der Waals surface area contributed by atoms with Crippen LogP contribution >= 0.6 is 0 Å². The Morgan fingerprint density at radius 3 is 2.59 bits per heavy atom. The zero-order valence-electron chi connectivity index (χ0n) is 15.8. The number of ether oxygens (including phenoxy) is 1. The van der Waals surface area contributed by atoms with Gasteiger partial charge in [0.05, 0.1) is 23.1 Å². The van der Waals surface area contributed by atoms with Crippen molar-refractivity contribution < 1.29 is 23.8 Å². The van der Waals surface area contributed by atoms with Crippen molar-refractivity contribution in [3.63, 3.8) is 0 Å². The highest BCUT2D eigenvalue weighted by Gasteiger charge is 2.24. The van der Waals surface area contributed by atoms with E-state index in [2.05, 4.69) is 10.4 Å². The molecule has 0 fully saturated rings. The molecular weight excluding hydrogens is 353 g/mol. The number of carbonyl (C=O) groups excluding carboxylic acids is 1. The summed E-state index contributed by atoms with van der Waals surface area (Å²) >= 11 is 0. The third kappa shape index (κ3) is 5.37. The number of benzene rings is 1. The van der Waals surface area contributed by atoms with Crippen LogP contribution in [0.5, 0.6) is 0 Å². The molecular formula is C19H24FN3O4. The third-order valence-corrected chi connectivity index (χ3v) is 3.88. The number of hydrogen-bond acceptors (Lipinski definition) is 4. The van der Waals surface area contributed by atoms with Crippen LogP contribution in [-0.2, 0) is 9.53 Å². The van der Waals surface area contributed by atoms with Gasteiger partial charge in [0.2, 0.25) is 0 Å². The van der Waals surface area contributed by atoms with E-state index in [4.69, 9.17) is 4.74 Å². The zero-order chi connectivity index (χ0) is 20.2. The van der Waals surface area contributed by atoms with E-state index in [-0.39, 0.29) is 24.3 Å². The highest BCUT2D eigenvalue weighted by Crippen LogP contribution is 2.17. The highest BCUT2D eigenvalue weighted by molar-refractivity contribution is 5.97. The molecule has 1 unspecified atom stereocenters. The highest BCUT2D eigenvalue weighted by atomic mass is 19.1. The Morgan fingerprint density at radius 2 is 2.00 bits per heavy atom. The second kappa shape index (κ2) is 8.30. The summed E-state index contributed by atoms with van der Waals surface area (Å²) in [5.74, 6) is -2.21. The molecule has 1 aromatic carbocycles. The largest absolute Gasteiger partial charge is 0.480 e. The summed E-state index contributed by atoms with van der Waals surface area (Å²) in [6.07, 6.45) is 1.42. The average Bonchev–Trinajstić information content (AvgIpc) is 2.94. The average molecular weight is 377 g/mol. The third-order valence-electron chi connectivity index (χ3n) is 3.88. The van der Waals surface area contributed by atoms with Crippen molar-refractivity contribution >= 4 is 11.9 Å². The van der Waals surface area contributed by atoms with Gasteiger partial charge in [0, 0.05) is 13.0 Å². The van der Waals surface area contributed by atoms with Gasteiger partial charge in [-0.2, -0.15) is 5.10 Å². The molecule has 1 amide bonds. The predicted octanol–water partition coefficient (Wildman–Crippen LogP) is 2.71. The molecule has 27 heavy (non-hydrogen) atoms. The van der Waals surface area contributed by atoms with E-state index < -0.39 is 29.3 Å². The first-order valence-electron chi connectivity index (χ1n) is 8.57. The summed E-state index contributed by atoms with van der Waals surface area (Å²) in [6.45, 7) is 7.40. The smallest absolute Gasteiger partial charge is 0.326 e. The fourth-order valence-corrected chi connectivity index (χ4v) is 2.48. The molecule has 0 bridgehead atoms. The lowest BCUT2D eigenvalue weighted by Gasteiger charge is -2.21. The van der Waals surface area contributed by atoms with E-state index in [0.717, 1.165) is 0 Å². The molecule has 0 saturated carbocycles. The number of para-hydroxylation sites is 1. The van der Waals surface area contributed by atoms with E-state index in [1.165, 1.54) is 16.9 Å². The fraction of sp³-hybridized carbons (Fsp3) is 0.421. The first-order chi connectivity index (χ1) is 12.6. The monoisotopic (exact) mass is 377 g/mol. The molecule has 0 aliphatic carbocycles. The Morgan fingerprint density at radius 1 is 1.33 bits per heavy atom. The standard InChI is InChI=1S/C19H24FN3O4/c1-12-13(11-21-23(12)16-8-6-5-7-14(16)20)17(24)22-15(18(25)26)9-10-27-19(2,3)4/h5-8,11,15H,9-10H2,1-4H3,(H,22,24)(H,25,26). The summed E-state index contributed by atoms with van der Waals surface area (Å²) in [4.78, 5) is 23.9. The molecule has 146 valence electrons. The minimum Gasteiger partial charge on any atom is -0.480 e. The van der Waals surface area contributed by atoms with Crippen molar-refractivity contribution in [1.29, 1.82) is 0 Å². The van der Waals surface area contributed by atoms with Gasteiger partial charge >= 0.3 is 5.97 Å². The summed E-state index contributed by atoms with van der Waals surface area (Å²) in [5.41, 5.74) is 0.404. The molecule has 2 aromatic rings. The lowest BCUT2D eigenvalue weighted by atomic mass is 10.1. The van der Waals surface area contributed by atoms with Crippen LogP contribution in [0.15, 0.2) is 30.5 Å². The van der Waals surface area contributed by atoms with Crippen LogP contribution in [0.2, 0.25) is 0 Å². The number of halogens is 1. The Balaban J connectivity index is 2.13. The number of hydrogen-bond donors (Lipinski definition) is 2. The lowest BCUT2D eigenvalue weighted by molar-refractivity contribution is -0.140. The van der Waals surface area contributed by atoms with Gasteiger partial charge in [-0.05, 0) is 39.8 Å². The van der Waals surface area contributed by atoms with Gasteiger partial charge in [-0.15, -0.1) is 0 Å². The van der Waals surface area contributed by atoms with Crippen LogP contribution in [0.4, 0.5) is 4.39 Å². The van der Waals surface area contributed by atoms with E-state index in [0.29, 0.717) is 5.69 Å². The fourth-order valence-electron chi connectivity index (χ4n) is 2.48. The van der Waals surface area contributed by atoms with Crippen molar-refractivity contribution in [3.8, 4) is 5.69 Å². The van der Waals surface area contributed by atoms with E-state index in [9.17, 15) is 19.1 Å². The van der Waals surface area contributed by atoms with Crippen molar-refractivity contribution in [1.82, 2.24) is 15.1 Å². The van der Waals surface area contributed by atoms with Gasteiger partial charge in [0.25, 0.3) is 5.91 Å². The Bertz CT molecular complexity index is 827. The summed E-state index contributed by atoms with van der Waals surface area (Å²) in [6, 6.07) is 4.96. The summed E-state index contributed by atoms with van der Waals surface area (Å²) in [5, 5.41) is 15.9. The minimum absolute atomic E-state index is 0.124. The summed E-state index contributed by atoms with van der Waals surface area (Å²) in [7, 11) is 0. The van der Waals surface area contributed by atoms with Gasteiger partial charge in [0.15, 0.2) is 0 Å². The lowest BCUT2D eigenvalue weighted by Crippen LogP contribution is -2.42. The predicted molar refractivity (Wildman–Crippen MR) is 97.5 cm³/mol. The topological polar surface area (TPSA) is 93.4 Å². The van der Waals surface area contributed by atoms with Crippen LogP contribution in [-0.4, -0.2) is 45.0 Å². The van der Waals surface area contributed by atoms with Crippen molar-refractivity contribution in [2.75, 3.05) is 6.61 Å². The van der Waals surface area contributed by atoms with Crippen molar-refractivity contribution in [2.45, 2.75) is 45.8 Å². The maximum Gasteiger partial charge on any atom is 0.326 e. The van der Waals surface area contributed by atoms with E-state index >= 15 is 0 Å². The van der Waals surface area contributed by atoms with Gasteiger partial charge in [-0.3, -0.25) is 4.79 Å². The Labute approximate surface area is 157 Å². The van der Waals surface area contributed by atoms with Gasteiger partial charge in [-0.25, -0.2) is 13.9 Å². The number of aromatic nitrogens is 2. The molecule has 0 saturated heterocycles. The molecule has 8 heteroatoms.